The number of nitrogens with zero attached hydrogens (tertiary/aromatic N) is 3. The van der Waals surface area contributed by atoms with Gasteiger partial charge in [0.2, 0.25) is 5.91 Å². The number of hydrogen-bond acceptors (Lipinski definition) is 4. The van der Waals surface area contributed by atoms with Gasteiger partial charge < -0.3 is 14.5 Å². The Labute approximate surface area is 221 Å². The van der Waals surface area contributed by atoms with Crippen LogP contribution in [0.1, 0.15) is 56.5 Å². The number of carbonyl (C=O) groups is 2. The summed E-state index contributed by atoms with van der Waals surface area (Å²) >= 11 is 0. The third-order valence-electron chi connectivity index (χ3n) is 6.81. The number of carbonyl (C=O) groups excluding carboxylic acids is 2. The molecule has 1 atom stereocenters. The van der Waals surface area contributed by atoms with Crippen molar-refractivity contribution in [1.29, 1.82) is 0 Å². The first kappa shape index (κ1) is 28.6. The lowest BCUT2D eigenvalue weighted by atomic mass is 9.84. The van der Waals surface area contributed by atoms with E-state index in [9.17, 15) is 14.0 Å². The third kappa shape index (κ3) is 9.15. The predicted octanol–water partition coefficient (Wildman–Crippen LogP) is 5.08. The molecule has 37 heavy (non-hydrogen) atoms. The van der Waals surface area contributed by atoms with Crippen LogP contribution >= 0.6 is 0 Å². The van der Waals surface area contributed by atoms with E-state index in [2.05, 4.69) is 32.6 Å². The van der Waals surface area contributed by atoms with Gasteiger partial charge in [0.15, 0.2) is 0 Å². The van der Waals surface area contributed by atoms with Gasteiger partial charge in [-0.05, 0) is 59.7 Å². The molecule has 0 N–H and O–H groups in total. The van der Waals surface area contributed by atoms with E-state index in [1.54, 1.807) is 48.4 Å². The van der Waals surface area contributed by atoms with Crippen molar-refractivity contribution in [3.8, 4) is 5.75 Å². The summed E-state index contributed by atoms with van der Waals surface area (Å²) in [5.74, 6) is 0.936. The highest BCUT2D eigenvalue weighted by molar-refractivity contribution is 5.94. The average molecular weight is 512 g/mol. The molecule has 0 bridgehead atoms. The molecule has 1 heterocycles. The molecule has 2 aromatic carbocycles. The van der Waals surface area contributed by atoms with Crippen molar-refractivity contribution in [2.45, 2.75) is 47.1 Å². The SMILES string of the molecule is COc1ccc(C(=O)N(CCN2CCN(C(=O)CC(C)CC(C)(C)C)CC2)Cc2ccc(F)cc2)cc1. The lowest BCUT2D eigenvalue weighted by molar-refractivity contribution is -0.134. The molecule has 1 unspecified atom stereocenters. The lowest BCUT2D eigenvalue weighted by Crippen LogP contribution is -2.50. The maximum Gasteiger partial charge on any atom is 0.254 e. The van der Waals surface area contributed by atoms with E-state index >= 15 is 0 Å². The molecular weight excluding hydrogens is 469 g/mol. The highest BCUT2D eigenvalue weighted by atomic mass is 19.1. The van der Waals surface area contributed by atoms with Gasteiger partial charge in [-0.25, -0.2) is 4.39 Å². The van der Waals surface area contributed by atoms with Crippen LogP contribution in [0.3, 0.4) is 0 Å². The van der Waals surface area contributed by atoms with Crippen molar-refractivity contribution < 1.29 is 18.7 Å². The van der Waals surface area contributed by atoms with Gasteiger partial charge in [-0.3, -0.25) is 14.5 Å². The molecule has 1 aliphatic rings. The van der Waals surface area contributed by atoms with Crippen molar-refractivity contribution >= 4 is 11.8 Å². The first-order valence-electron chi connectivity index (χ1n) is 13.2. The van der Waals surface area contributed by atoms with Gasteiger partial charge >= 0.3 is 0 Å². The predicted molar refractivity (Wildman–Crippen MR) is 145 cm³/mol. The van der Waals surface area contributed by atoms with Crippen LogP contribution < -0.4 is 4.74 Å². The van der Waals surface area contributed by atoms with E-state index < -0.39 is 0 Å². The minimum absolute atomic E-state index is 0.0753. The van der Waals surface area contributed by atoms with E-state index in [1.165, 1.54) is 12.1 Å². The Morgan fingerprint density at radius 3 is 2.19 bits per heavy atom. The van der Waals surface area contributed by atoms with Gasteiger partial charge in [-0.2, -0.15) is 0 Å². The summed E-state index contributed by atoms with van der Waals surface area (Å²) in [7, 11) is 1.59. The van der Waals surface area contributed by atoms with Gasteiger partial charge in [0.05, 0.1) is 7.11 Å². The van der Waals surface area contributed by atoms with Gasteiger partial charge in [-0.1, -0.05) is 39.8 Å². The number of ether oxygens (including phenoxy) is 1. The van der Waals surface area contributed by atoms with E-state index in [0.717, 1.165) is 25.1 Å². The molecule has 0 aliphatic carbocycles. The zero-order chi connectivity index (χ0) is 27.0. The number of amides is 2. The number of halogens is 1. The first-order valence-corrected chi connectivity index (χ1v) is 13.2. The second-order valence-electron chi connectivity index (χ2n) is 11.4. The number of benzene rings is 2. The van der Waals surface area contributed by atoms with Crippen LogP contribution in [0.5, 0.6) is 5.75 Å². The molecule has 0 aromatic heterocycles. The van der Waals surface area contributed by atoms with E-state index in [0.29, 0.717) is 56.4 Å². The smallest absolute Gasteiger partial charge is 0.254 e. The van der Waals surface area contributed by atoms with Crippen LogP contribution in [0, 0.1) is 17.2 Å². The summed E-state index contributed by atoms with van der Waals surface area (Å²) in [6, 6.07) is 13.4. The van der Waals surface area contributed by atoms with E-state index in [1.807, 2.05) is 4.90 Å². The third-order valence-corrected chi connectivity index (χ3v) is 6.81. The molecular formula is C30H42FN3O3. The van der Waals surface area contributed by atoms with Crippen LogP contribution in [-0.2, 0) is 11.3 Å². The maximum atomic E-state index is 13.4. The fourth-order valence-corrected chi connectivity index (χ4v) is 5.01. The number of hydrogen-bond donors (Lipinski definition) is 0. The summed E-state index contributed by atoms with van der Waals surface area (Å²) in [6.45, 7) is 13.5. The summed E-state index contributed by atoms with van der Waals surface area (Å²) in [5, 5.41) is 0. The minimum atomic E-state index is -0.294. The zero-order valence-electron chi connectivity index (χ0n) is 23.0. The molecule has 2 aromatic rings. The van der Waals surface area contributed by atoms with Crippen LogP contribution in [0.2, 0.25) is 0 Å². The molecule has 1 fully saturated rings. The maximum absolute atomic E-state index is 13.4. The number of rotatable bonds is 10. The van der Waals surface area contributed by atoms with E-state index in [4.69, 9.17) is 4.74 Å². The quantitative estimate of drug-likeness (QED) is 0.446. The molecule has 0 spiro atoms. The van der Waals surface area contributed by atoms with Crippen LogP contribution in [0.25, 0.3) is 0 Å². The molecule has 3 rings (SSSR count). The molecule has 1 aliphatic heterocycles. The van der Waals surface area contributed by atoms with Gasteiger partial charge in [0.1, 0.15) is 11.6 Å². The van der Waals surface area contributed by atoms with Crippen molar-refractivity contribution in [2.75, 3.05) is 46.4 Å². The monoisotopic (exact) mass is 511 g/mol. The average Bonchev–Trinajstić information content (AvgIpc) is 2.86. The summed E-state index contributed by atoms with van der Waals surface area (Å²) in [5.41, 5.74) is 1.69. The minimum Gasteiger partial charge on any atom is -0.497 e. The highest BCUT2D eigenvalue weighted by Crippen LogP contribution is 2.26. The van der Waals surface area contributed by atoms with Crippen LogP contribution in [-0.4, -0.2) is 72.9 Å². The Morgan fingerprint density at radius 1 is 1.00 bits per heavy atom. The second kappa shape index (κ2) is 13.0. The Bertz CT molecular complexity index is 1010. The summed E-state index contributed by atoms with van der Waals surface area (Å²) in [6.07, 6.45) is 1.63. The van der Waals surface area contributed by atoms with E-state index in [-0.39, 0.29) is 23.0 Å². The Kier molecular flexibility index (Phi) is 10.1. The molecule has 0 radical (unpaired) electrons. The van der Waals surface area contributed by atoms with Crippen molar-refractivity contribution in [2.24, 2.45) is 11.3 Å². The lowest BCUT2D eigenvalue weighted by Gasteiger charge is -2.36. The fourth-order valence-electron chi connectivity index (χ4n) is 5.01. The van der Waals surface area contributed by atoms with Crippen molar-refractivity contribution in [3.05, 3.63) is 65.5 Å². The standard InChI is InChI=1S/C30H42FN3O3/c1-23(21-30(2,3)4)20-28(35)33-17-14-32(15-18-33)16-19-34(22-24-6-10-26(31)11-7-24)29(36)25-8-12-27(37-5)13-9-25/h6-13,23H,14-22H2,1-5H3. The van der Waals surface area contributed by atoms with Crippen LogP contribution in [0.15, 0.2) is 48.5 Å². The highest BCUT2D eigenvalue weighted by Gasteiger charge is 2.25. The topological polar surface area (TPSA) is 53.1 Å². The zero-order valence-corrected chi connectivity index (χ0v) is 23.0. The fraction of sp³-hybridized carbons (Fsp3) is 0.533. The number of methoxy groups -OCH3 is 1. The molecule has 6 nitrogen and oxygen atoms in total. The van der Waals surface area contributed by atoms with Gasteiger partial charge in [0, 0.05) is 57.8 Å². The number of piperazine rings is 1. The normalized spacial score (nSPS) is 15.4. The first-order chi connectivity index (χ1) is 17.5. The van der Waals surface area contributed by atoms with Gasteiger partial charge in [0.25, 0.3) is 5.91 Å². The summed E-state index contributed by atoms with van der Waals surface area (Å²) in [4.78, 5) is 32.3. The largest absolute Gasteiger partial charge is 0.497 e. The summed E-state index contributed by atoms with van der Waals surface area (Å²) < 4.78 is 18.6. The second-order valence-corrected chi connectivity index (χ2v) is 11.4. The van der Waals surface area contributed by atoms with Gasteiger partial charge in [-0.15, -0.1) is 0 Å². The Hall–Kier alpha value is -2.93. The molecule has 2 amide bonds. The molecule has 1 saturated heterocycles. The molecule has 0 saturated carbocycles. The Balaban J connectivity index is 1.56. The van der Waals surface area contributed by atoms with Crippen LogP contribution in [0.4, 0.5) is 4.39 Å². The Morgan fingerprint density at radius 2 is 1.62 bits per heavy atom. The van der Waals surface area contributed by atoms with Crippen molar-refractivity contribution in [3.63, 3.8) is 0 Å². The van der Waals surface area contributed by atoms with Crippen molar-refractivity contribution in [1.82, 2.24) is 14.7 Å². The molecule has 7 heteroatoms. The molecule has 202 valence electrons.